The van der Waals surface area contributed by atoms with Gasteiger partial charge in [0.1, 0.15) is 5.75 Å². The fourth-order valence-electron chi connectivity index (χ4n) is 1.73. The van der Waals surface area contributed by atoms with Crippen LogP contribution in [-0.4, -0.2) is 18.2 Å². The van der Waals surface area contributed by atoms with E-state index >= 15 is 0 Å². The second kappa shape index (κ2) is 6.30. The number of esters is 1. The largest absolute Gasteiger partial charge is 0.508 e. The Kier molecular flexibility index (Phi) is 4.48. The van der Waals surface area contributed by atoms with Crippen molar-refractivity contribution in [2.45, 2.75) is 6.54 Å². The van der Waals surface area contributed by atoms with E-state index in [2.05, 4.69) is 10.1 Å². The van der Waals surface area contributed by atoms with Gasteiger partial charge in [-0.25, -0.2) is 4.79 Å². The number of methoxy groups -OCH3 is 1. The normalized spacial score (nSPS) is 10.1. The van der Waals surface area contributed by atoms with Gasteiger partial charge in [0.2, 0.25) is 0 Å². The van der Waals surface area contributed by atoms with Crippen LogP contribution in [-0.2, 0) is 11.3 Å². The third kappa shape index (κ3) is 3.42. The average molecular weight is 292 g/mol. The maximum atomic E-state index is 11.3. The van der Waals surface area contributed by atoms with Gasteiger partial charge in [0.15, 0.2) is 0 Å². The molecule has 2 N–H and O–H groups in total. The minimum absolute atomic E-state index is 0.188. The minimum Gasteiger partial charge on any atom is -0.508 e. The zero-order valence-electron chi connectivity index (χ0n) is 10.9. The third-order valence-corrected chi connectivity index (χ3v) is 3.07. The van der Waals surface area contributed by atoms with Gasteiger partial charge in [-0.15, -0.1) is 0 Å². The molecule has 0 aliphatic heterocycles. The Hall–Kier alpha value is -2.20. The summed E-state index contributed by atoms with van der Waals surface area (Å²) in [5.74, 6) is -0.183. The fraction of sp³-hybridized carbons (Fsp3) is 0.133. The van der Waals surface area contributed by atoms with Crippen LogP contribution in [0.2, 0.25) is 5.02 Å². The summed E-state index contributed by atoms with van der Waals surface area (Å²) in [7, 11) is 1.34. The first-order chi connectivity index (χ1) is 9.60. The van der Waals surface area contributed by atoms with Gasteiger partial charge in [-0.3, -0.25) is 0 Å². The number of aromatic hydroxyl groups is 1. The Bertz CT molecular complexity index is 611. The predicted octanol–water partition coefficient (Wildman–Crippen LogP) is 3.44. The molecule has 2 aromatic rings. The SMILES string of the molecule is COC(=O)c1ccc(NCc2cc(Cl)ccc2O)cc1. The fourth-order valence-corrected chi connectivity index (χ4v) is 1.93. The van der Waals surface area contributed by atoms with E-state index in [1.807, 2.05) is 0 Å². The number of hydrogen-bond acceptors (Lipinski definition) is 4. The molecule has 0 atom stereocenters. The molecule has 0 fully saturated rings. The maximum Gasteiger partial charge on any atom is 0.337 e. The van der Waals surface area contributed by atoms with Crippen molar-refractivity contribution in [3.8, 4) is 5.75 Å². The average Bonchev–Trinajstić information content (AvgIpc) is 2.48. The number of halogens is 1. The molecule has 104 valence electrons. The predicted molar refractivity (Wildman–Crippen MR) is 78.2 cm³/mol. The van der Waals surface area contributed by atoms with Gasteiger partial charge in [-0.05, 0) is 42.5 Å². The highest BCUT2D eigenvalue weighted by atomic mass is 35.5. The molecule has 0 unspecified atom stereocenters. The number of ether oxygens (including phenoxy) is 1. The molecule has 0 aromatic heterocycles. The molecular formula is C15H14ClNO3. The van der Waals surface area contributed by atoms with E-state index in [1.54, 1.807) is 42.5 Å². The summed E-state index contributed by atoms with van der Waals surface area (Å²) in [5.41, 5.74) is 2.02. The lowest BCUT2D eigenvalue weighted by Crippen LogP contribution is -2.03. The number of benzene rings is 2. The van der Waals surface area contributed by atoms with E-state index in [9.17, 15) is 9.90 Å². The van der Waals surface area contributed by atoms with Crippen molar-refractivity contribution >= 4 is 23.3 Å². The number of carbonyl (C=O) groups excluding carboxylic acids is 1. The zero-order valence-corrected chi connectivity index (χ0v) is 11.6. The smallest absolute Gasteiger partial charge is 0.337 e. The monoisotopic (exact) mass is 291 g/mol. The quantitative estimate of drug-likeness (QED) is 0.847. The summed E-state index contributed by atoms with van der Waals surface area (Å²) >= 11 is 5.88. The van der Waals surface area contributed by atoms with Crippen LogP contribution >= 0.6 is 11.6 Å². The van der Waals surface area contributed by atoms with Crippen molar-refractivity contribution in [2.75, 3.05) is 12.4 Å². The van der Waals surface area contributed by atoms with E-state index in [1.165, 1.54) is 7.11 Å². The number of phenols is 1. The first-order valence-corrected chi connectivity index (χ1v) is 6.37. The van der Waals surface area contributed by atoms with Gasteiger partial charge in [0, 0.05) is 22.8 Å². The first kappa shape index (κ1) is 14.2. The van der Waals surface area contributed by atoms with Crippen molar-refractivity contribution in [2.24, 2.45) is 0 Å². The highest BCUT2D eigenvalue weighted by molar-refractivity contribution is 6.30. The second-order valence-corrected chi connectivity index (χ2v) is 4.63. The molecule has 0 radical (unpaired) electrons. The van der Waals surface area contributed by atoms with E-state index in [0.717, 1.165) is 5.69 Å². The number of carbonyl (C=O) groups is 1. The minimum atomic E-state index is -0.371. The van der Waals surface area contributed by atoms with E-state index in [4.69, 9.17) is 11.6 Å². The number of hydrogen-bond donors (Lipinski definition) is 2. The number of anilines is 1. The van der Waals surface area contributed by atoms with Crippen molar-refractivity contribution in [3.05, 3.63) is 58.6 Å². The Labute approximate surface area is 122 Å². The summed E-state index contributed by atoms with van der Waals surface area (Å²) in [5, 5.41) is 13.4. The molecule has 20 heavy (non-hydrogen) atoms. The molecule has 5 heteroatoms. The number of nitrogens with one attached hydrogen (secondary N) is 1. The van der Waals surface area contributed by atoms with Gasteiger partial charge in [0.25, 0.3) is 0 Å². The third-order valence-electron chi connectivity index (χ3n) is 2.83. The standard InChI is InChI=1S/C15H14ClNO3/c1-20-15(19)10-2-5-13(6-3-10)17-9-11-8-12(16)4-7-14(11)18/h2-8,17-18H,9H2,1H3. The lowest BCUT2D eigenvalue weighted by molar-refractivity contribution is 0.0601. The van der Waals surface area contributed by atoms with Crippen LogP contribution in [0, 0.1) is 0 Å². The van der Waals surface area contributed by atoms with Gasteiger partial charge in [-0.2, -0.15) is 0 Å². The molecular weight excluding hydrogens is 278 g/mol. The van der Waals surface area contributed by atoms with E-state index < -0.39 is 0 Å². The second-order valence-electron chi connectivity index (χ2n) is 4.20. The molecule has 0 saturated heterocycles. The topological polar surface area (TPSA) is 58.6 Å². The summed E-state index contributed by atoms with van der Waals surface area (Å²) < 4.78 is 4.63. The molecule has 0 amide bonds. The van der Waals surface area contributed by atoms with Crippen LogP contribution in [0.1, 0.15) is 15.9 Å². The molecule has 0 saturated carbocycles. The number of rotatable bonds is 4. The van der Waals surface area contributed by atoms with Crippen molar-refractivity contribution < 1.29 is 14.6 Å². The van der Waals surface area contributed by atoms with Gasteiger partial charge >= 0.3 is 5.97 Å². The van der Waals surface area contributed by atoms with Crippen LogP contribution < -0.4 is 5.32 Å². The Balaban J connectivity index is 2.04. The summed E-state index contributed by atoms with van der Waals surface area (Å²) in [6.07, 6.45) is 0. The van der Waals surface area contributed by atoms with Crippen LogP contribution in [0.15, 0.2) is 42.5 Å². The summed E-state index contributed by atoms with van der Waals surface area (Å²) in [4.78, 5) is 11.3. The van der Waals surface area contributed by atoms with Gasteiger partial charge < -0.3 is 15.2 Å². The Morgan fingerprint density at radius 3 is 2.60 bits per heavy atom. The molecule has 0 heterocycles. The number of phenolic OH excluding ortho intramolecular Hbond substituents is 1. The molecule has 2 rings (SSSR count). The molecule has 4 nitrogen and oxygen atoms in total. The van der Waals surface area contributed by atoms with E-state index in [0.29, 0.717) is 22.7 Å². The highest BCUT2D eigenvalue weighted by Crippen LogP contribution is 2.22. The van der Waals surface area contributed by atoms with Gasteiger partial charge in [0.05, 0.1) is 12.7 Å². The molecule has 0 spiro atoms. The lowest BCUT2D eigenvalue weighted by Gasteiger charge is -2.09. The maximum absolute atomic E-state index is 11.3. The van der Waals surface area contributed by atoms with Crippen molar-refractivity contribution in [1.29, 1.82) is 0 Å². The van der Waals surface area contributed by atoms with Crippen LogP contribution in [0.5, 0.6) is 5.75 Å². The summed E-state index contributed by atoms with van der Waals surface area (Å²) in [6.45, 7) is 0.434. The highest BCUT2D eigenvalue weighted by Gasteiger charge is 2.05. The van der Waals surface area contributed by atoms with Crippen LogP contribution in [0.25, 0.3) is 0 Å². The Morgan fingerprint density at radius 1 is 1.25 bits per heavy atom. The Morgan fingerprint density at radius 2 is 1.95 bits per heavy atom. The van der Waals surface area contributed by atoms with Crippen LogP contribution in [0.3, 0.4) is 0 Å². The molecule has 0 aliphatic carbocycles. The zero-order chi connectivity index (χ0) is 14.5. The first-order valence-electron chi connectivity index (χ1n) is 6.00. The molecule has 0 bridgehead atoms. The van der Waals surface area contributed by atoms with Crippen LogP contribution in [0.4, 0.5) is 5.69 Å². The molecule has 2 aromatic carbocycles. The van der Waals surface area contributed by atoms with Crippen molar-refractivity contribution in [1.82, 2.24) is 0 Å². The van der Waals surface area contributed by atoms with E-state index in [-0.39, 0.29) is 11.7 Å². The molecule has 0 aliphatic rings. The van der Waals surface area contributed by atoms with Crippen molar-refractivity contribution in [3.63, 3.8) is 0 Å². The van der Waals surface area contributed by atoms with Gasteiger partial charge in [-0.1, -0.05) is 11.6 Å². The summed E-state index contributed by atoms with van der Waals surface area (Å²) in [6, 6.07) is 11.8. The lowest BCUT2D eigenvalue weighted by atomic mass is 10.1.